The van der Waals surface area contributed by atoms with Crippen LogP contribution in [0.3, 0.4) is 0 Å². The lowest BCUT2D eigenvalue weighted by atomic mass is 10.2. The first-order valence-electron chi connectivity index (χ1n) is 6.21. The average molecular weight is 272 g/mol. The van der Waals surface area contributed by atoms with Crippen LogP contribution >= 0.6 is 0 Å². The van der Waals surface area contributed by atoms with Gasteiger partial charge in [-0.15, -0.1) is 0 Å². The Morgan fingerprint density at radius 1 is 1.39 bits per heavy atom. The number of rotatable bonds is 3. The molecule has 1 aromatic heterocycles. The van der Waals surface area contributed by atoms with Crippen molar-refractivity contribution in [3.05, 3.63) is 23.2 Å². The second kappa shape index (κ2) is 5.42. The molecule has 0 atom stereocenters. The van der Waals surface area contributed by atoms with E-state index in [-0.39, 0.29) is 5.75 Å². The van der Waals surface area contributed by atoms with Gasteiger partial charge in [-0.1, -0.05) is 0 Å². The second-order valence-electron chi connectivity index (χ2n) is 4.80. The fraction of sp³-hybridized carbons (Fsp3) is 0.667. The standard InChI is InChI=1S/C12H20N2O3S/c1-10-7-11(17-12(10)8-13)9-14-3-2-5-18(15,16)6-4-14/h7H,2-6,8-9,13H2,1H3. The van der Waals surface area contributed by atoms with E-state index in [4.69, 9.17) is 10.2 Å². The molecule has 5 nitrogen and oxygen atoms in total. The Kier molecular flexibility index (Phi) is 4.09. The van der Waals surface area contributed by atoms with Crippen molar-refractivity contribution < 1.29 is 12.8 Å². The largest absolute Gasteiger partial charge is 0.463 e. The third kappa shape index (κ3) is 3.34. The van der Waals surface area contributed by atoms with Gasteiger partial charge in [0.05, 0.1) is 24.6 Å². The summed E-state index contributed by atoms with van der Waals surface area (Å²) in [6.45, 7) is 4.43. The highest BCUT2D eigenvalue weighted by atomic mass is 32.2. The monoisotopic (exact) mass is 272 g/mol. The maximum Gasteiger partial charge on any atom is 0.151 e. The van der Waals surface area contributed by atoms with E-state index in [1.54, 1.807) is 0 Å². The molecule has 6 heteroatoms. The number of nitrogens with two attached hydrogens (primary N) is 1. The third-order valence-corrected chi connectivity index (χ3v) is 5.00. The number of nitrogens with zero attached hydrogens (tertiary/aromatic N) is 1. The number of hydrogen-bond acceptors (Lipinski definition) is 5. The molecule has 102 valence electrons. The van der Waals surface area contributed by atoms with Crippen molar-refractivity contribution in [3.8, 4) is 0 Å². The van der Waals surface area contributed by atoms with Crippen LogP contribution in [0.5, 0.6) is 0 Å². The van der Waals surface area contributed by atoms with Gasteiger partial charge in [0.15, 0.2) is 9.84 Å². The Balaban J connectivity index is 2.00. The summed E-state index contributed by atoms with van der Waals surface area (Å²) < 4.78 is 28.7. The first kappa shape index (κ1) is 13.6. The molecule has 2 heterocycles. The van der Waals surface area contributed by atoms with Gasteiger partial charge in [-0.25, -0.2) is 8.42 Å². The Labute approximate surface area is 108 Å². The molecule has 1 aromatic rings. The molecule has 0 unspecified atom stereocenters. The van der Waals surface area contributed by atoms with Gasteiger partial charge in [0.25, 0.3) is 0 Å². The zero-order valence-electron chi connectivity index (χ0n) is 10.7. The molecule has 0 amide bonds. The number of sulfone groups is 1. The molecule has 1 aliphatic heterocycles. The minimum Gasteiger partial charge on any atom is -0.463 e. The molecule has 1 aliphatic rings. The lowest BCUT2D eigenvalue weighted by Gasteiger charge is -2.17. The van der Waals surface area contributed by atoms with Crippen molar-refractivity contribution in [2.45, 2.75) is 26.4 Å². The predicted octanol–water partition coefficient (Wildman–Crippen LogP) is 0.667. The molecule has 0 radical (unpaired) electrons. The van der Waals surface area contributed by atoms with Gasteiger partial charge in [0.2, 0.25) is 0 Å². The molecule has 0 aromatic carbocycles. The lowest BCUT2D eigenvalue weighted by Crippen LogP contribution is -2.26. The summed E-state index contributed by atoms with van der Waals surface area (Å²) in [6.07, 6.45) is 0.700. The molecule has 0 bridgehead atoms. The summed E-state index contributed by atoms with van der Waals surface area (Å²) in [4.78, 5) is 2.13. The minimum atomic E-state index is -2.84. The molecule has 0 aliphatic carbocycles. The van der Waals surface area contributed by atoms with Gasteiger partial charge in [0.1, 0.15) is 11.5 Å². The van der Waals surface area contributed by atoms with Crippen molar-refractivity contribution in [1.29, 1.82) is 0 Å². The van der Waals surface area contributed by atoms with Crippen molar-refractivity contribution in [1.82, 2.24) is 4.90 Å². The van der Waals surface area contributed by atoms with Crippen LogP contribution < -0.4 is 5.73 Å². The molecule has 0 saturated carbocycles. The highest BCUT2D eigenvalue weighted by molar-refractivity contribution is 7.91. The van der Waals surface area contributed by atoms with Crippen molar-refractivity contribution in [2.24, 2.45) is 5.73 Å². The molecular formula is C12H20N2O3S. The molecular weight excluding hydrogens is 252 g/mol. The Bertz CT molecular complexity index is 507. The van der Waals surface area contributed by atoms with E-state index in [0.717, 1.165) is 23.6 Å². The normalized spacial score (nSPS) is 20.8. The summed E-state index contributed by atoms with van der Waals surface area (Å²) in [5.74, 6) is 2.23. The fourth-order valence-corrected chi connectivity index (χ4v) is 3.55. The fourth-order valence-electron chi connectivity index (χ4n) is 2.24. The quantitative estimate of drug-likeness (QED) is 0.875. The summed E-state index contributed by atoms with van der Waals surface area (Å²) in [6, 6.07) is 1.99. The van der Waals surface area contributed by atoms with Gasteiger partial charge in [0, 0.05) is 6.54 Å². The van der Waals surface area contributed by atoms with Crippen molar-refractivity contribution in [3.63, 3.8) is 0 Å². The van der Waals surface area contributed by atoms with Crippen LogP contribution in [0.4, 0.5) is 0 Å². The van der Waals surface area contributed by atoms with Crippen LogP contribution in [-0.4, -0.2) is 37.9 Å². The molecule has 0 spiro atoms. The molecule has 18 heavy (non-hydrogen) atoms. The third-order valence-electron chi connectivity index (χ3n) is 3.28. The summed E-state index contributed by atoms with van der Waals surface area (Å²) in [7, 11) is -2.84. The van der Waals surface area contributed by atoms with Crippen molar-refractivity contribution in [2.75, 3.05) is 24.6 Å². The van der Waals surface area contributed by atoms with Crippen LogP contribution in [0, 0.1) is 6.92 Å². The smallest absolute Gasteiger partial charge is 0.151 e. The van der Waals surface area contributed by atoms with E-state index in [2.05, 4.69) is 4.90 Å². The predicted molar refractivity (Wildman–Crippen MR) is 69.9 cm³/mol. The molecule has 1 fully saturated rings. The SMILES string of the molecule is Cc1cc(CN2CCCS(=O)(=O)CC2)oc1CN. The minimum absolute atomic E-state index is 0.246. The van der Waals surface area contributed by atoms with Gasteiger partial charge >= 0.3 is 0 Å². The van der Waals surface area contributed by atoms with E-state index in [1.165, 1.54) is 0 Å². The summed E-state index contributed by atoms with van der Waals surface area (Å²) in [5, 5.41) is 0. The van der Waals surface area contributed by atoms with Crippen LogP contribution in [0.25, 0.3) is 0 Å². The first-order chi connectivity index (χ1) is 8.50. The highest BCUT2D eigenvalue weighted by Gasteiger charge is 2.20. The van der Waals surface area contributed by atoms with E-state index in [9.17, 15) is 8.42 Å². The van der Waals surface area contributed by atoms with Gasteiger partial charge < -0.3 is 10.2 Å². The van der Waals surface area contributed by atoms with E-state index >= 15 is 0 Å². The maximum atomic E-state index is 11.5. The number of furan rings is 1. The number of aryl methyl sites for hydroxylation is 1. The van der Waals surface area contributed by atoms with Crippen LogP contribution in [-0.2, 0) is 22.9 Å². The van der Waals surface area contributed by atoms with Crippen LogP contribution in [0.15, 0.2) is 10.5 Å². The van der Waals surface area contributed by atoms with Crippen LogP contribution in [0.1, 0.15) is 23.5 Å². The zero-order chi connectivity index (χ0) is 13.2. The molecule has 1 saturated heterocycles. The molecule has 2 N–H and O–H groups in total. The highest BCUT2D eigenvalue weighted by Crippen LogP contribution is 2.17. The van der Waals surface area contributed by atoms with Gasteiger partial charge in [-0.2, -0.15) is 0 Å². The van der Waals surface area contributed by atoms with E-state index in [0.29, 0.717) is 31.8 Å². The second-order valence-corrected chi connectivity index (χ2v) is 7.11. The van der Waals surface area contributed by atoms with E-state index in [1.807, 2.05) is 13.0 Å². The summed E-state index contributed by atoms with van der Waals surface area (Å²) in [5.41, 5.74) is 6.64. The van der Waals surface area contributed by atoms with E-state index < -0.39 is 9.84 Å². The Morgan fingerprint density at radius 3 is 2.83 bits per heavy atom. The van der Waals surface area contributed by atoms with Crippen LogP contribution in [0.2, 0.25) is 0 Å². The van der Waals surface area contributed by atoms with Gasteiger partial charge in [-0.3, -0.25) is 4.90 Å². The van der Waals surface area contributed by atoms with Crippen molar-refractivity contribution >= 4 is 9.84 Å². The Morgan fingerprint density at radius 2 is 2.17 bits per heavy atom. The number of hydrogen-bond donors (Lipinski definition) is 1. The lowest BCUT2D eigenvalue weighted by molar-refractivity contribution is 0.259. The first-order valence-corrected chi connectivity index (χ1v) is 8.03. The Hall–Kier alpha value is -0.850. The topological polar surface area (TPSA) is 76.5 Å². The zero-order valence-corrected chi connectivity index (χ0v) is 11.5. The average Bonchev–Trinajstić information content (AvgIpc) is 2.56. The van der Waals surface area contributed by atoms with Gasteiger partial charge in [-0.05, 0) is 31.5 Å². The maximum absolute atomic E-state index is 11.5. The molecule has 2 rings (SSSR count). The summed E-state index contributed by atoms with van der Waals surface area (Å²) >= 11 is 0.